The van der Waals surface area contributed by atoms with Gasteiger partial charge >= 0.3 is 0 Å². The van der Waals surface area contributed by atoms with Crippen LogP contribution in [0.2, 0.25) is 0 Å². The van der Waals surface area contributed by atoms with Crippen LogP contribution in [0.1, 0.15) is 24.8 Å². The van der Waals surface area contributed by atoms with E-state index in [1.54, 1.807) is 30.6 Å². The van der Waals surface area contributed by atoms with E-state index in [9.17, 15) is 4.39 Å². The molecule has 2 N–H and O–H groups in total. The summed E-state index contributed by atoms with van der Waals surface area (Å²) >= 11 is 1.72. The van der Waals surface area contributed by atoms with Crippen LogP contribution in [-0.4, -0.2) is 43.7 Å². The second-order valence-corrected chi connectivity index (χ2v) is 7.08. The van der Waals surface area contributed by atoms with E-state index in [0.29, 0.717) is 18.3 Å². The minimum Gasteiger partial charge on any atom is -0.356 e. The van der Waals surface area contributed by atoms with Crippen LogP contribution in [0.3, 0.4) is 0 Å². The zero-order chi connectivity index (χ0) is 17.6. The summed E-state index contributed by atoms with van der Waals surface area (Å²) in [5.74, 6) is 1.37. The molecule has 1 saturated heterocycles. The number of nitrogens with one attached hydrogen (secondary N) is 2. The Morgan fingerprint density at radius 2 is 2.35 bits per heavy atom. The Labute approximate surface area is 175 Å². The minimum absolute atomic E-state index is 0. The number of hydrogen-bond acceptors (Lipinski definition) is 4. The molecule has 142 valence electrons. The van der Waals surface area contributed by atoms with Crippen molar-refractivity contribution >= 4 is 47.1 Å². The molecule has 2 aromatic heterocycles. The van der Waals surface area contributed by atoms with Crippen molar-refractivity contribution in [1.29, 1.82) is 0 Å². The number of aliphatic imine (C=N–C) groups is 1. The van der Waals surface area contributed by atoms with E-state index in [1.165, 1.54) is 11.6 Å². The molecule has 3 heterocycles. The van der Waals surface area contributed by atoms with E-state index >= 15 is 0 Å². The van der Waals surface area contributed by atoms with Gasteiger partial charge in [0.25, 0.3) is 0 Å². The van der Waals surface area contributed by atoms with Gasteiger partial charge in [0.2, 0.25) is 0 Å². The molecule has 0 radical (unpaired) electrons. The molecule has 0 aliphatic carbocycles. The number of nitrogens with zero attached hydrogens (tertiary/aromatic N) is 3. The summed E-state index contributed by atoms with van der Waals surface area (Å²) in [7, 11) is 1.77. The topological polar surface area (TPSA) is 52.6 Å². The van der Waals surface area contributed by atoms with Crippen molar-refractivity contribution < 1.29 is 4.39 Å². The Kier molecular flexibility index (Phi) is 8.08. The first kappa shape index (κ1) is 20.9. The van der Waals surface area contributed by atoms with E-state index in [-0.39, 0.29) is 35.8 Å². The molecule has 2 atom stereocenters. The van der Waals surface area contributed by atoms with Gasteiger partial charge in [0.15, 0.2) is 17.6 Å². The lowest BCUT2D eigenvalue weighted by Crippen LogP contribution is -2.45. The fourth-order valence-electron chi connectivity index (χ4n) is 2.99. The van der Waals surface area contributed by atoms with E-state index in [1.807, 2.05) is 4.90 Å². The highest BCUT2D eigenvalue weighted by molar-refractivity contribution is 14.0. The number of aromatic nitrogens is 1. The molecule has 0 amide bonds. The molecule has 26 heavy (non-hydrogen) atoms. The smallest absolute Gasteiger partial charge is 0.191 e. The predicted molar refractivity (Wildman–Crippen MR) is 117 cm³/mol. The standard InChI is InChI=1S/C18H24FN5S.HI/c1-13(14-6-9-25-12-14)10-22-18(20-2)23-15-5-8-24(11-15)17-16(19)4-3-7-21-17;/h3-4,6-7,9,12-13,15H,5,8,10-11H2,1-2H3,(H2,20,22,23);1H. The van der Waals surface area contributed by atoms with Crippen LogP contribution in [0, 0.1) is 5.82 Å². The number of pyridine rings is 1. The number of guanidine groups is 1. The molecule has 1 aliphatic heterocycles. The van der Waals surface area contributed by atoms with Gasteiger partial charge in [0.1, 0.15) is 0 Å². The van der Waals surface area contributed by atoms with Crippen molar-refractivity contribution in [2.24, 2.45) is 4.99 Å². The molecule has 0 spiro atoms. The first-order valence-corrected chi connectivity index (χ1v) is 9.46. The van der Waals surface area contributed by atoms with Crippen molar-refractivity contribution in [2.45, 2.75) is 25.3 Å². The summed E-state index contributed by atoms with van der Waals surface area (Å²) in [4.78, 5) is 10.4. The number of halogens is 2. The van der Waals surface area contributed by atoms with Gasteiger partial charge in [-0.15, -0.1) is 24.0 Å². The van der Waals surface area contributed by atoms with E-state index < -0.39 is 0 Å². The molecule has 1 aliphatic rings. The van der Waals surface area contributed by atoms with Crippen molar-refractivity contribution in [3.8, 4) is 0 Å². The van der Waals surface area contributed by atoms with Gasteiger partial charge in [0.05, 0.1) is 0 Å². The SMILES string of the molecule is CN=C(NCC(C)c1ccsc1)NC1CCN(c2ncccc2F)C1.I. The number of anilines is 1. The van der Waals surface area contributed by atoms with Crippen LogP contribution in [-0.2, 0) is 0 Å². The van der Waals surface area contributed by atoms with Gasteiger partial charge in [-0.2, -0.15) is 11.3 Å². The quantitative estimate of drug-likeness (QED) is 0.384. The van der Waals surface area contributed by atoms with Crippen molar-refractivity contribution in [1.82, 2.24) is 15.6 Å². The number of thiophene rings is 1. The number of hydrogen-bond donors (Lipinski definition) is 2. The van der Waals surface area contributed by atoms with Gasteiger partial charge in [-0.25, -0.2) is 9.37 Å². The Morgan fingerprint density at radius 3 is 3.04 bits per heavy atom. The third kappa shape index (κ3) is 5.29. The molecule has 8 heteroatoms. The van der Waals surface area contributed by atoms with Crippen LogP contribution in [0.25, 0.3) is 0 Å². The van der Waals surface area contributed by atoms with Crippen LogP contribution < -0.4 is 15.5 Å². The Morgan fingerprint density at radius 1 is 1.50 bits per heavy atom. The summed E-state index contributed by atoms with van der Waals surface area (Å²) in [6, 6.07) is 5.45. The molecular formula is C18H25FIN5S. The maximum Gasteiger partial charge on any atom is 0.191 e. The predicted octanol–water partition coefficient (Wildman–Crippen LogP) is 3.45. The molecule has 0 saturated carbocycles. The summed E-state index contributed by atoms with van der Waals surface area (Å²) in [5, 5.41) is 11.1. The molecule has 3 rings (SSSR count). The molecular weight excluding hydrogens is 464 g/mol. The molecule has 0 aromatic carbocycles. The monoisotopic (exact) mass is 489 g/mol. The Hall–Kier alpha value is -1.42. The van der Waals surface area contributed by atoms with Crippen molar-refractivity contribution in [2.75, 3.05) is 31.6 Å². The molecule has 2 aromatic rings. The summed E-state index contributed by atoms with van der Waals surface area (Å²) in [6.07, 6.45) is 2.56. The van der Waals surface area contributed by atoms with Crippen molar-refractivity contribution in [3.63, 3.8) is 0 Å². The van der Waals surface area contributed by atoms with Crippen LogP contribution >= 0.6 is 35.3 Å². The normalized spacial score (nSPS) is 18.3. The highest BCUT2D eigenvalue weighted by atomic mass is 127. The van der Waals surface area contributed by atoms with Gasteiger partial charge in [-0.1, -0.05) is 6.92 Å². The average molecular weight is 489 g/mol. The van der Waals surface area contributed by atoms with Gasteiger partial charge < -0.3 is 15.5 Å². The minimum atomic E-state index is -0.268. The van der Waals surface area contributed by atoms with Crippen molar-refractivity contribution in [3.05, 3.63) is 46.5 Å². The first-order valence-electron chi connectivity index (χ1n) is 8.52. The molecule has 5 nitrogen and oxygen atoms in total. The second-order valence-electron chi connectivity index (χ2n) is 6.30. The van der Waals surface area contributed by atoms with Crippen LogP contribution in [0.5, 0.6) is 0 Å². The highest BCUT2D eigenvalue weighted by Gasteiger charge is 2.26. The lowest BCUT2D eigenvalue weighted by atomic mass is 10.1. The van der Waals surface area contributed by atoms with Crippen LogP contribution in [0.4, 0.5) is 10.2 Å². The maximum atomic E-state index is 13.9. The zero-order valence-corrected chi connectivity index (χ0v) is 18.1. The van der Waals surface area contributed by atoms with E-state index in [4.69, 9.17) is 0 Å². The lowest BCUT2D eigenvalue weighted by Gasteiger charge is -2.20. The average Bonchev–Trinajstić information content (AvgIpc) is 3.30. The molecule has 0 bridgehead atoms. The second kappa shape index (κ2) is 10.1. The third-order valence-corrected chi connectivity index (χ3v) is 5.18. The zero-order valence-electron chi connectivity index (χ0n) is 15.0. The summed E-state index contributed by atoms with van der Waals surface area (Å²) < 4.78 is 13.9. The van der Waals surface area contributed by atoms with Crippen LogP contribution in [0.15, 0.2) is 40.1 Å². The Bertz CT molecular complexity index is 709. The maximum absolute atomic E-state index is 13.9. The van der Waals surface area contributed by atoms with E-state index in [0.717, 1.165) is 25.5 Å². The number of rotatable bonds is 5. The fraction of sp³-hybridized carbons (Fsp3) is 0.444. The first-order chi connectivity index (χ1) is 12.2. The van der Waals surface area contributed by atoms with Gasteiger partial charge in [-0.05, 0) is 46.9 Å². The molecule has 2 unspecified atom stereocenters. The highest BCUT2D eigenvalue weighted by Crippen LogP contribution is 2.21. The summed E-state index contributed by atoms with van der Waals surface area (Å²) in [5.41, 5.74) is 1.34. The van der Waals surface area contributed by atoms with Gasteiger partial charge in [0, 0.05) is 38.9 Å². The molecule has 1 fully saturated rings. The Balaban J connectivity index is 0.00000243. The third-order valence-electron chi connectivity index (χ3n) is 4.48. The summed E-state index contributed by atoms with van der Waals surface area (Å²) in [6.45, 7) is 4.52. The lowest BCUT2D eigenvalue weighted by molar-refractivity contribution is 0.611. The fourth-order valence-corrected chi connectivity index (χ4v) is 3.77. The van der Waals surface area contributed by atoms with E-state index in [2.05, 4.69) is 44.4 Å². The largest absolute Gasteiger partial charge is 0.356 e. The van der Waals surface area contributed by atoms with Gasteiger partial charge in [-0.3, -0.25) is 4.99 Å².